The molecule has 0 radical (unpaired) electrons. The summed E-state index contributed by atoms with van der Waals surface area (Å²) in [6, 6.07) is 17.2. The molecule has 5 N–H and O–H groups in total. The Morgan fingerprint density at radius 2 is 1.14 bits per heavy atom. The molecule has 0 bridgehead atoms. The monoisotopic (exact) mass is 908 g/mol. The van der Waals surface area contributed by atoms with Crippen molar-refractivity contribution in [2.24, 2.45) is 28.7 Å². The number of nitrogens with zero attached hydrogens (tertiary/aromatic N) is 1. The SMILES string of the molecule is Cc1cc(C)c(NC(=O)C(C)C(C)C)c(C)c1N=c1cc2oc3cc(Nc4c(C)cc(C)c(NC(=O)C(C)C(C)C)c4C)ccc3c(-c3ccccc3S(=O)(=O)O)c-2cc1S(=O)(=O)O. The summed E-state index contributed by atoms with van der Waals surface area (Å²) in [5, 5.41) is 9.80. The molecular formula is C49H56N4O9S2. The second-order valence-corrected chi connectivity index (χ2v) is 20.3. The number of carbonyl (C=O) groups is 2. The molecule has 2 aliphatic rings. The first kappa shape index (κ1) is 47.6. The molecular weight excluding hydrogens is 853 g/mol. The summed E-state index contributed by atoms with van der Waals surface area (Å²) in [6.07, 6.45) is 0. The molecule has 0 saturated heterocycles. The van der Waals surface area contributed by atoms with Crippen LogP contribution in [0, 0.1) is 65.2 Å². The highest BCUT2D eigenvalue weighted by atomic mass is 32.2. The third-order valence-electron chi connectivity index (χ3n) is 12.2. The van der Waals surface area contributed by atoms with Gasteiger partial charge in [0.1, 0.15) is 21.1 Å². The number of aryl methyl sites for hydroxylation is 4. The molecule has 15 heteroatoms. The molecule has 1 heterocycles. The van der Waals surface area contributed by atoms with Crippen molar-refractivity contribution in [3.05, 3.63) is 105 Å². The normalized spacial score (nSPS) is 13.5. The van der Waals surface area contributed by atoms with Gasteiger partial charge in [0.25, 0.3) is 20.2 Å². The Labute approximate surface area is 375 Å². The summed E-state index contributed by atoms with van der Waals surface area (Å²) >= 11 is 0. The van der Waals surface area contributed by atoms with E-state index in [2.05, 4.69) is 16.0 Å². The first-order chi connectivity index (χ1) is 29.8. The fourth-order valence-electron chi connectivity index (χ4n) is 7.92. The number of fused-ring (bicyclic) bond motifs is 2. The quantitative estimate of drug-likeness (QED) is 0.0580. The van der Waals surface area contributed by atoms with E-state index in [0.29, 0.717) is 39.3 Å². The molecule has 13 nitrogen and oxygen atoms in total. The first-order valence-electron chi connectivity index (χ1n) is 21.0. The number of hydrogen-bond donors (Lipinski definition) is 5. The topological polar surface area (TPSA) is 204 Å². The van der Waals surface area contributed by atoms with Crippen LogP contribution in [0.2, 0.25) is 0 Å². The van der Waals surface area contributed by atoms with Gasteiger partial charge in [0, 0.05) is 68.8 Å². The summed E-state index contributed by atoms with van der Waals surface area (Å²) < 4.78 is 80.0. The minimum Gasteiger partial charge on any atom is -0.456 e. The van der Waals surface area contributed by atoms with Crippen LogP contribution >= 0.6 is 0 Å². The molecule has 64 heavy (non-hydrogen) atoms. The number of rotatable bonds is 12. The van der Waals surface area contributed by atoms with E-state index in [0.717, 1.165) is 27.9 Å². The van der Waals surface area contributed by atoms with Crippen molar-refractivity contribution in [1.29, 1.82) is 0 Å². The van der Waals surface area contributed by atoms with Crippen molar-refractivity contribution in [1.82, 2.24) is 0 Å². The maximum Gasteiger partial charge on any atom is 0.296 e. The van der Waals surface area contributed by atoms with Crippen LogP contribution in [0.1, 0.15) is 74.9 Å². The van der Waals surface area contributed by atoms with Crippen molar-refractivity contribution >= 4 is 71.5 Å². The lowest BCUT2D eigenvalue weighted by Crippen LogP contribution is -2.25. The lowest BCUT2D eigenvalue weighted by Gasteiger charge is -2.22. The number of anilines is 4. The molecule has 0 fully saturated rings. The molecule has 338 valence electrons. The van der Waals surface area contributed by atoms with Crippen LogP contribution in [0.5, 0.6) is 0 Å². The maximum absolute atomic E-state index is 13.3. The highest BCUT2D eigenvalue weighted by molar-refractivity contribution is 7.86. The second kappa shape index (κ2) is 18.0. The van der Waals surface area contributed by atoms with Gasteiger partial charge in [-0.3, -0.25) is 18.7 Å². The van der Waals surface area contributed by atoms with Gasteiger partial charge in [-0.15, -0.1) is 0 Å². The molecule has 2 atom stereocenters. The summed E-state index contributed by atoms with van der Waals surface area (Å²) in [5.74, 6) is -0.506. The third kappa shape index (κ3) is 9.48. The number of carbonyl (C=O) groups excluding carboxylic acids is 2. The Morgan fingerprint density at radius 3 is 1.70 bits per heavy atom. The second-order valence-electron chi connectivity index (χ2n) is 17.5. The molecule has 1 aliphatic carbocycles. The minimum atomic E-state index is -5.00. The van der Waals surface area contributed by atoms with Crippen LogP contribution in [0.4, 0.5) is 28.4 Å². The van der Waals surface area contributed by atoms with Crippen LogP contribution < -0.4 is 21.3 Å². The number of benzene rings is 5. The lowest BCUT2D eigenvalue weighted by atomic mass is 9.93. The van der Waals surface area contributed by atoms with Gasteiger partial charge in [0.15, 0.2) is 0 Å². The summed E-state index contributed by atoms with van der Waals surface area (Å²) in [7, 11) is -9.82. The highest BCUT2D eigenvalue weighted by Crippen LogP contribution is 2.44. The Hall–Kier alpha value is -5.87. The fraction of sp³-hybridized carbons (Fsp3) is 0.327. The van der Waals surface area contributed by atoms with Crippen molar-refractivity contribution in [2.45, 2.75) is 92.9 Å². The average molecular weight is 909 g/mol. The van der Waals surface area contributed by atoms with Gasteiger partial charge in [-0.2, -0.15) is 16.8 Å². The Bertz CT molecular complexity index is 3130. The maximum atomic E-state index is 13.3. The fourth-order valence-corrected chi connectivity index (χ4v) is 9.25. The molecule has 0 spiro atoms. The number of nitrogens with one attached hydrogen (secondary N) is 3. The van der Waals surface area contributed by atoms with Crippen LogP contribution in [0.3, 0.4) is 0 Å². The minimum absolute atomic E-state index is 0.0463. The average Bonchev–Trinajstić information content (AvgIpc) is 3.21. The van der Waals surface area contributed by atoms with Crippen LogP contribution in [-0.4, -0.2) is 37.8 Å². The zero-order valence-corrected chi connectivity index (χ0v) is 39.8. The summed E-state index contributed by atoms with van der Waals surface area (Å²) in [4.78, 5) is 30.2. The van der Waals surface area contributed by atoms with E-state index in [1.807, 2.05) is 81.4 Å². The van der Waals surface area contributed by atoms with E-state index in [1.54, 1.807) is 38.1 Å². The molecule has 1 aliphatic heterocycles. The van der Waals surface area contributed by atoms with E-state index in [9.17, 15) is 35.5 Å². The van der Waals surface area contributed by atoms with E-state index in [4.69, 9.17) is 9.41 Å². The van der Waals surface area contributed by atoms with Crippen molar-refractivity contribution < 1.29 is 39.9 Å². The predicted molar refractivity (Wildman–Crippen MR) is 253 cm³/mol. The van der Waals surface area contributed by atoms with Crippen molar-refractivity contribution in [3.8, 4) is 22.5 Å². The molecule has 0 saturated carbocycles. The van der Waals surface area contributed by atoms with E-state index >= 15 is 0 Å². The smallest absolute Gasteiger partial charge is 0.296 e. The van der Waals surface area contributed by atoms with Crippen LogP contribution in [-0.2, 0) is 29.8 Å². The largest absolute Gasteiger partial charge is 0.456 e. The molecule has 4 aromatic carbocycles. The van der Waals surface area contributed by atoms with Crippen molar-refractivity contribution in [3.63, 3.8) is 0 Å². The van der Waals surface area contributed by atoms with E-state index in [-0.39, 0.29) is 68.9 Å². The zero-order valence-electron chi connectivity index (χ0n) is 38.2. The molecule has 4 aromatic rings. The first-order valence-corrected chi connectivity index (χ1v) is 23.9. The Morgan fingerprint density at radius 1 is 0.609 bits per heavy atom. The van der Waals surface area contributed by atoms with Gasteiger partial charge in [0.2, 0.25) is 11.8 Å². The van der Waals surface area contributed by atoms with Gasteiger partial charge in [-0.25, -0.2) is 4.99 Å². The molecule has 0 aromatic heterocycles. The van der Waals surface area contributed by atoms with E-state index in [1.165, 1.54) is 30.3 Å². The van der Waals surface area contributed by atoms with Crippen molar-refractivity contribution in [2.75, 3.05) is 16.0 Å². The third-order valence-corrected chi connectivity index (χ3v) is 14.0. The van der Waals surface area contributed by atoms with Gasteiger partial charge in [-0.1, -0.05) is 71.9 Å². The Balaban J connectivity index is 1.63. The van der Waals surface area contributed by atoms with Gasteiger partial charge in [0.05, 0.1) is 11.0 Å². The highest BCUT2D eigenvalue weighted by Gasteiger charge is 2.28. The van der Waals surface area contributed by atoms with E-state index < -0.39 is 30.0 Å². The number of amides is 2. The molecule has 2 unspecified atom stereocenters. The standard InChI is InChI=1S/C49H56N4O9S2/c1-24(2)30(9)48(54)52-46-28(7)19-26(5)44(32(46)11)50-34-17-18-35-39(21-34)62-40-23-38(51-45-27(6)20-29(8)47(33(45)12)53-49(55)31(10)25(3)4)42(64(59,60)61)22-37(40)43(35)36-15-13-14-16-41(36)63(56,57)58/h13-25,30-31,50H,1-12H3,(H,52,54)(H,53,55)(H,56,57,58)(H,59,60,61). The Kier molecular flexibility index (Phi) is 13.4. The number of hydrogen-bond acceptors (Lipinski definition) is 9. The van der Waals surface area contributed by atoms with Gasteiger partial charge in [-0.05, 0) is 111 Å². The molecule has 2 amide bonds. The lowest BCUT2D eigenvalue weighted by molar-refractivity contribution is -0.121. The van der Waals surface area contributed by atoms with Gasteiger partial charge < -0.3 is 20.4 Å². The summed E-state index contributed by atoms with van der Waals surface area (Å²) in [6.45, 7) is 22.8. The predicted octanol–water partition coefficient (Wildman–Crippen LogP) is 11.0. The van der Waals surface area contributed by atoms with Crippen LogP contribution in [0.15, 0.2) is 85.9 Å². The molecule has 6 rings (SSSR count). The van der Waals surface area contributed by atoms with Gasteiger partial charge >= 0.3 is 0 Å². The summed E-state index contributed by atoms with van der Waals surface area (Å²) in [5.41, 5.74) is 8.09. The van der Waals surface area contributed by atoms with Crippen LogP contribution in [0.25, 0.3) is 33.4 Å². The zero-order chi connectivity index (χ0) is 47.3.